The topological polar surface area (TPSA) is 49.9 Å². The van der Waals surface area contributed by atoms with E-state index in [0.717, 1.165) is 44.5 Å². The molecule has 0 bridgehead atoms. The molecule has 1 saturated heterocycles. The fraction of sp³-hybridized carbons (Fsp3) is 0.600. The van der Waals surface area contributed by atoms with E-state index in [1.54, 1.807) is 0 Å². The smallest absolute Gasteiger partial charge is 0.225 e. The SMILES string of the molecule is O=C(CCCOc1ccccc1)N1CCCN(C(=O)C2CCC2)CC1. The summed E-state index contributed by atoms with van der Waals surface area (Å²) in [5.74, 6) is 1.57. The Kier molecular flexibility index (Phi) is 6.31. The fourth-order valence-electron chi connectivity index (χ4n) is 3.39. The van der Waals surface area contributed by atoms with Gasteiger partial charge in [-0.15, -0.1) is 0 Å². The van der Waals surface area contributed by atoms with Crippen LogP contribution in [0.5, 0.6) is 5.75 Å². The Morgan fingerprint density at radius 3 is 2.40 bits per heavy atom. The first-order chi connectivity index (χ1) is 12.2. The van der Waals surface area contributed by atoms with E-state index in [4.69, 9.17) is 4.74 Å². The molecule has 0 N–H and O–H groups in total. The van der Waals surface area contributed by atoms with Crippen molar-refractivity contribution in [3.05, 3.63) is 30.3 Å². The average Bonchev–Trinajstić information content (AvgIpc) is 2.84. The Morgan fingerprint density at radius 1 is 0.960 bits per heavy atom. The van der Waals surface area contributed by atoms with Gasteiger partial charge in [0.2, 0.25) is 11.8 Å². The van der Waals surface area contributed by atoms with Gasteiger partial charge in [0.1, 0.15) is 5.75 Å². The van der Waals surface area contributed by atoms with Crippen molar-refractivity contribution in [2.45, 2.75) is 38.5 Å². The maximum Gasteiger partial charge on any atom is 0.225 e. The monoisotopic (exact) mass is 344 g/mol. The molecule has 0 radical (unpaired) electrons. The number of carbonyl (C=O) groups is 2. The number of amides is 2. The third-order valence-electron chi connectivity index (χ3n) is 5.16. The molecule has 0 aromatic heterocycles. The molecule has 1 aliphatic heterocycles. The number of rotatable bonds is 6. The molecule has 25 heavy (non-hydrogen) atoms. The van der Waals surface area contributed by atoms with Crippen LogP contribution in [0.2, 0.25) is 0 Å². The van der Waals surface area contributed by atoms with E-state index in [2.05, 4.69) is 0 Å². The average molecular weight is 344 g/mol. The first-order valence-electron chi connectivity index (χ1n) is 9.48. The Hall–Kier alpha value is -2.04. The highest BCUT2D eigenvalue weighted by molar-refractivity contribution is 5.80. The highest BCUT2D eigenvalue weighted by Crippen LogP contribution is 2.28. The van der Waals surface area contributed by atoms with E-state index < -0.39 is 0 Å². The molecule has 0 unspecified atom stereocenters. The van der Waals surface area contributed by atoms with Crippen molar-refractivity contribution < 1.29 is 14.3 Å². The van der Waals surface area contributed by atoms with Crippen LogP contribution in [-0.4, -0.2) is 54.4 Å². The molecule has 1 saturated carbocycles. The zero-order valence-corrected chi connectivity index (χ0v) is 14.9. The van der Waals surface area contributed by atoms with Crippen molar-refractivity contribution >= 4 is 11.8 Å². The molecule has 5 nitrogen and oxygen atoms in total. The number of ether oxygens (including phenoxy) is 1. The lowest BCUT2D eigenvalue weighted by atomic mass is 9.84. The highest BCUT2D eigenvalue weighted by atomic mass is 16.5. The van der Waals surface area contributed by atoms with Crippen LogP contribution in [0.25, 0.3) is 0 Å². The lowest BCUT2D eigenvalue weighted by molar-refractivity contribution is -0.138. The summed E-state index contributed by atoms with van der Waals surface area (Å²) in [6.07, 6.45) is 5.36. The summed E-state index contributed by atoms with van der Waals surface area (Å²) in [5, 5.41) is 0. The third kappa shape index (κ3) is 4.97. The van der Waals surface area contributed by atoms with Crippen molar-refractivity contribution in [1.29, 1.82) is 0 Å². The predicted molar refractivity (Wildman–Crippen MR) is 96.3 cm³/mol. The van der Waals surface area contributed by atoms with Gasteiger partial charge in [0.05, 0.1) is 6.61 Å². The Bertz CT molecular complexity index is 572. The van der Waals surface area contributed by atoms with E-state index in [1.165, 1.54) is 6.42 Å². The first kappa shape index (κ1) is 17.8. The minimum Gasteiger partial charge on any atom is -0.494 e. The minimum absolute atomic E-state index is 0.176. The first-order valence-corrected chi connectivity index (χ1v) is 9.48. The van der Waals surface area contributed by atoms with Crippen LogP contribution in [0, 0.1) is 5.92 Å². The molecule has 0 atom stereocenters. The van der Waals surface area contributed by atoms with Crippen molar-refractivity contribution in [1.82, 2.24) is 9.80 Å². The molecule has 2 aliphatic rings. The van der Waals surface area contributed by atoms with Gasteiger partial charge in [0.25, 0.3) is 0 Å². The maximum atomic E-state index is 12.4. The Balaban J connectivity index is 1.36. The maximum absolute atomic E-state index is 12.4. The number of hydrogen-bond donors (Lipinski definition) is 0. The van der Waals surface area contributed by atoms with Gasteiger partial charge < -0.3 is 14.5 Å². The van der Waals surface area contributed by atoms with Crippen LogP contribution in [0.4, 0.5) is 0 Å². The van der Waals surface area contributed by atoms with Crippen LogP contribution in [0.1, 0.15) is 38.5 Å². The number of carbonyl (C=O) groups excluding carboxylic acids is 2. The number of benzene rings is 1. The second kappa shape index (κ2) is 8.88. The van der Waals surface area contributed by atoms with Crippen LogP contribution in [0.15, 0.2) is 30.3 Å². The van der Waals surface area contributed by atoms with Crippen molar-refractivity contribution in [2.75, 3.05) is 32.8 Å². The van der Waals surface area contributed by atoms with Gasteiger partial charge in [0.15, 0.2) is 0 Å². The van der Waals surface area contributed by atoms with E-state index >= 15 is 0 Å². The second-order valence-corrected chi connectivity index (χ2v) is 6.95. The summed E-state index contributed by atoms with van der Waals surface area (Å²) < 4.78 is 5.64. The van der Waals surface area contributed by atoms with E-state index in [1.807, 2.05) is 40.1 Å². The zero-order chi connectivity index (χ0) is 17.5. The zero-order valence-electron chi connectivity index (χ0n) is 14.9. The van der Waals surface area contributed by atoms with E-state index in [0.29, 0.717) is 32.0 Å². The highest BCUT2D eigenvalue weighted by Gasteiger charge is 2.30. The summed E-state index contributed by atoms with van der Waals surface area (Å²) >= 11 is 0. The summed E-state index contributed by atoms with van der Waals surface area (Å²) in [6.45, 7) is 3.44. The number of nitrogens with zero attached hydrogens (tertiary/aromatic N) is 2. The third-order valence-corrected chi connectivity index (χ3v) is 5.16. The quantitative estimate of drug-likeness (QED) is 0.746. The summed E-state index contributed by atoms with van der Waals surface area (Å²) in [6, 6.07) is 9.67. The predicted octanol–water partition coefficient (Wildman–Crippen LogP) is 2.71. The molecule has 1 heterocycles. The van der Waals surface area contributed by atoms with Crippen LogP contribution in [-0.2, 0) is 9.59 Å². The molecular formula is C20H28N2O3. The molecule has 136 valence electrons. The Morgan fingerprint density at radius 2 is 1.68 bits per heavy atom. The molecule has 1 aliphatic carbocycles. The number of para-hydroxylation sites is 1. The van der Waals surface area contributed by atoms with Gasteiger partial charge in [-0.05, 0) is 37.8 Å². The lowest BCUT2D eigenvalue weighted by Gasteiger charge is -2.31. The van der Waals surface area contributed by atoms with E-state index in [9.17, 15) is 9.59 Å². The molecule has 5 heteroatoms. The molecular weight excluding hydrogens is 316 g/mol. The Labute approximate surface area is 149 Å². The normalized spacial score (nSPS) is 18.4. The van der Waals surface area contributed by atoms with Gasteiger partial charge in [-0.1, -0.05) is 24.6 Å². The number of hydrogen-bond acceptors (Lipinski definition) is 3. The minimum atomic E-state index is 0.176. The largest absolute Gasteiger partial charge is 0.494 e. The molecule has 1 aromatic carbocycles. The second-order valence-electron chi connectivity index (χ2n) is 6.95. The van der Waals surface area contributed by atoms with Gasteiger partial charge in [0, 0.05) is 38.5 Å². The van der Waals surface area contributed by atoms with Gasteiger partial charge in [-0.2, -0.15) is 0 Å². The van der Waals surface area contributed by atoms with Crippen LogP contribution < -0.4 is 4.74 Å². The summed E-state index contributed by atoms with van der Waals surface area (Å²) in [7, 11) is 0. The summed E-state index contributed by atoms with van der Waals surface area (Å²) in [4.78, 5) is 28.6. The lowest BCUT2D eigenvalue weighted by Crippen LogP contribution is -2.41. The van der Waals surface area contributed by atoms with Crippen molar-refractivity contribution in [2.24, 2.45) is 5.92 Å². The fourth-order valence-corrected chi connectivity index (χ4v) is 3.39. The molecule has 2 fully saturated rings. The van der Waals surface area contributed by atoms with Gasteiger partial charge >= 0.3 is 0 Å². The van der Waals surface area contributed by atoms with Crippen LogP contribution in [0.3, 0.4) is 0 Å². The van der Waals surface area contributed by atoms with Crippen molar-refractivity contribution in [3.8, 4) is 5.75 Å². The van der Waals surface area contributed by atoms with Gasteiger partial charge in [-0.25, -0.2) is 0 Å². The van der Waals surface area contributed by atoms with Gasteiger partial charge in [-0.3, -0.25) is 9.59 Å². The van der Waals surface area contributed by atoms with E-state index in [-0.39, 0.29) is 11.8 Å². The van der Waals surface area contributed by atoms with Crippen molar-refractivity contribution in [3.63, 3.8) is 0 Å². The standard InChI is InChI=1S/C20H28N2O3/c23-19(11-5-16-25-18-9-2-1-3-10-18)21-12-6-13-22(15-14-21)20(24)17-7-4-8-17/h1-3,9-10,17H,4-8,11-16H2. The molecule has 0 spiro atoms. The summed E-state index contributed by atoms with van der Waals surface area (Å²) in [5.41, 5.74) is 0. The van der Waals surface area contributed by atoms with Crippen LogP contribution >= 0.6 is 0 Å². The molecule has 1 aromatic rings. The molecule has 3 rings (SSSR count). The molecule has 2 amide bonds.